The maximum atomic E-state index is 13.3. The van der Waals surface area contributed by atoms with Crippen molar-refractivity contribution in [2.75, 3.05) is 7.11 Å². The van der Waals surface area contributed by atoms with Crippen molar-refractivity contribution in [1.82, 2.24) is 9.99 Å². The molecule has 0 fully saturated rings. The summed E-state index contributed by atoms with van der Waals surface area (Å²) in [7, 11) is 1.64. The van der Waals surface area contributed by atoms with Crippen LogP contribution in [0.4, 0.5) is 0 Å². The lowest BCUT2D eigenvalue weighted by molar-refractivity contribution is 0.0956. The minimum Gasteiger partial charge on any atom is -0.496 e. The summed E-state index contributed by atoms with van der Waals surface area (Å²) in [6.45, 7) is 2.45. The molecule has 5 aromatic rings. The van der Waals surface area contributed by atoms with Gasteiger partial charge in [0.25, 0.3) is 5.91 Å². The Kier molecular flexibility index (Phi) is 5.40. The van der Waals surface area contributed by atoms with E-state index in [2.05, 4.69) is 15.1 Å². The van der Waals surface area contributed by atoms with Crippen LogP contribution in [0.5, 0.6) is 5.75 Å². The van der Waals surface area contributed by atoms with E-state index in [1.165, 1.54) is 0 Å². The zero-order chi connectivity index (χ0) is 22.8. The molecule has 6 nitrogen and oxygen atoms in total. The van der Waals surface area contributed by atoms with Crippen LogP contribution in [0.15, 0.2) is 88.6 Å². The van der Waals surface area contributed by atoms with Crippen LogP contribution in [-0.4, -0.2) is 23.8 Å². The topological polar surface area (TPSA) is 68.8 Å². The van der Waals surface area contributed by atoms with E-state index in [0.29, 0.717) is 12.1 Å². The van der Waals surface area contributed by atoms with Crippen LogP contribution in [0.2, 0.25) is 0 Å². The van der Waals surface area contributed by atoms with Gasteiger partial charge in [-0.25, -0.2) is 5.43 Å². The smallest absolute Gasteiger partial charge is 0.273 e. The molecule has 2 aromatic heterocycles. The van der Waals surface area contributed by atoms with E-state index in [9.17, 15) is 4.79 Å². The van der Waals surface area contributed by atoms with Crippen LogP contribution in [0, 0.1) is 6.92 Å². The van der Waals surface area contributed by atoms with Crippen LogP contribution in [-0.2, 0) is 6.54 Å². The van der Waals surface area contributed by atoms with Crippen LogP contribution < -0.4 is 10.2 Å². The predicted octanol–water partition coefficient (Wildman–Crippen LogP) is 5.52. The van der Waals surface area contributed by atoms with Gasteiger partial charge in [-0.1, -0.05) is 54.6 Å². The zero-order valence-electron chi connectivity index (χ0n) is 18.4. The number of amides is 1. The van der Waals surface area contributed by atoms with E-state index in [1.807, 2.05) is 79.7 Å². The van der Waals surface area contributed by atoms with E-state index in [-0.39, 0.29) is 5.91 Å². The number of nitrogens with one attached hydrogen (secondary N) is 1. The molecule has 3 aromatic carbocycles. The highest BCUT2D eigenvalue weighted by Crippen LogP contribution is 2.38. The predicted molar refractivity (Wildman–Crippen MR) is 130 cm³/mol. The molecule has 0 spiro atoms. The van der Waals surface area contributed by atoms with Gasteiger partial charge in [0, 0.05) is 21.9 Å². The fraction of sp³-hybridized carbons (Fsp3) is 0.111. The number of benzene rings is 3. The summed E-state index contributed by atoms with van der Waals surface area (Å²) in [6, 6.07) is 23.4. The van der Waals surface area contributed by atoms with Gasteiger partial charge in [0.2, 0.25) is 0 Å². The first-order valence-electron chi connectivity index (χ1n) is 10.7. The summed E-state index contributed by atoms with van der Waals surface area (Å²) in [5, 5.41) is 6.97. The van der Waals surface area contributed by atoms with Gasteiger partial charge < -0.3 is 13.7 Å². The van der Waals surface area contributed by atoms with E-state index >= 15 is 0 Å². The minimum atomic E-state index is -0.278. The Morgan fingerprint density at radius 3 is 2.52 bits per heavy atom. The van der Waals surface area contributed by atoms with Gasteiger partial charge in [-0.05, 0) is 30.7 Å². The first kappa shape index (κ1) is 20.6. The minimum absolute atomic E-state index is 0.278. The summed E-state index contributed by atoms with van der Waals surface area (Å²) in [6.07, 6.45) is 3.29. The van der Waals surface area contributed by atoms with Crippen molar-refractivity contribution in [3.05, 3.63) is 102 Å². The lowest BCUT2D eigenvalue weighted by Crippen LogP contribution is -2.19. The largest absolute Gasteiger partial charge is 0.496 e. The first-order valence-corrected chi connectivity index (χ1v) is 10.7. The van der Waals surface area contributed by atoms with Gasteiger partial charge in [-0.3, -0.25) is 4.79 Å². The molecule has 0 saturated carbocycles. The number of fused-ring (bicyclic) bond motifs is 3. The fourth-order valence-electron chi connectivity index (χ4n) is 4.28. The van der Waals surface area contributed by atoms with E-state index in [1.54, 1.807) is 19.6 Å². The SMILES string of the molecule is COc1cc2c(C(=O)N/N=C\c3ccccc3)c(C)n(Cc3ccco3)c2c2ccccc12. The molecule has 0 atom stereocenters. The molecule has 0 aliphatic heterocycles. The third-order valence-electron chi connectivity index (χ3n) is 5.80. The molecule has 0 radical (unpaired) electrons. The molecule has 33 heavy (non-hydrogen) atoms. The Morgan fingerprint density at radius 1 is 1.03 bits per heavy atom. The molecule has 0 aliphatic rings. The van der Waals surface area contributed by atoms with Crippen LogP contribution >= 0.6 is 0 Å². The highest BCUT2D eigenvalue weighted by Gasteiger charge is 2.23. The maximum Gasteiger partial charge on any atom is 0.273 e. The number of methoxy groups -OCH3 is 1. The van der Waals surface area contributed by atoms with Crippen molar-refractivity contribution in [2.24, 2.45) is 5.10 Å². The van der Waals surface area contributed by atoms with Crippen molar-refractivity contribution in [3.63, 3.8) is 0 Å². The second kappa shape index (κ2) is 8.67. The number of hydrazone groups is 1. The Bertz CT molecular complexity index is 1470. The fourth-order valence-corrected chi connectivity index (χ4v) is 4.28. The summed E-state index contributed by atoms with van der Waals surface area (Å²) in [5.41, 5.74) is 5.94. The average Bonchev–Trinajstić information content (AvgIpc) is 3.45. The zero-order valence-corrected chi connectivity index (χ0v) is 18.4. The summed E-state index contributed by atoms with van der Waals surface area (Å²) in [4.78, 5) is 13.3. The number of rotatable bonds is 6. The number of carbonyl (C=O) groups excluding carboxylic acids is 1. The molecule has 5 rings (SSSR count). The number of ether oxygens (including phenoxy) is 1. The van der Waals surface area contributed by atoms with E-state index in [0.717, 1.165) is 44.4 Å². The lowest BCUT2D eigenvalue weighted by Gasteiger charge is -2.11. The Labute approximate surface area is 191 Å². The van der Waals surface area contributed by atoms with Gasteiger partial charge in [0.05, 0.1) is 37.2 Å². The second-order valence-corrected chi connectivity index (χ2v) is 7.76. The van der Waals surface area contributed by atoms with Gasteiger partial charge in [-0.2, -0.15) is 5.10 Å². The number of aromatic nitrogens is 1. The van der Waals surface area contributed by atoms with Crippen molar-refractivity contribution >= 4 is 33.8 Å². The quantitative estimate of drug-likeness (QED) is 0.281. The standard InChI is InChI=1S/C27H23N3O3/c1-18-25(27(31)29-28-16-19-9-4-3-5-10-19)23-15-24(32-2)21-12-6-7-13-22(21)26(23)30(18)17-20-11-8-14-33-20/h3-16H,17H2,1-2H3,(H,29,31)/b28-16-. The van der Waals surface area contributed by atoms with Crippen molar-refractivity contribution in [2.45, 2.75) is 13.5 Å². The molecule has 0 saturated heterocycles. The summed E-state index contributed by atoms with van der Waals surface area (Å²) in [5.74, 6) is 1.25. The van der Waals surface area contributed by atoms with E-state index in [4.69, 9.17) is 9.15 Å². The molecule has 164 valence electrons. The molecule has 0 bridgehead atoms. The van der Waals surface area contributed by atoms with Gasteiger partial charge >= 0.3 is 0 Å². The molecular formula is C27H23N3O3. The Balaban J connectivity index is 1.66. The summed E-state index contributed by atoms with van der Waals surface area (Å²) < 4.78 is 13.4. The second-order valence-electron chi connectivity index (χ2n) is 7.76. The van der Waals surface area contributed by atoms with Crippen molar-refractivity contribution in [1.29, 1.82) is 0 Å². The van der Waals surface area contributed by atoms with Crippen molar-refractivity contribution < 1.29 is 13.9 Å². The third-order valence-corrected chi connectivity index (χ3v) is 5.80. The van der Waals surface area contributed by atoms with Crippen molar-refractivity contribution in [3.8, 4) is 5.75 Å². The normalized spacial score (nSPS) is 11.5. The molecule has 1 N–H and O–H groups in total. The van der Waals surface area contributed by atoms with E-state index < -0.39 is 0 Å². The third kappa shape index (κ3) is 3.76. The van der Waals surface area contributed by atoms with Crippen LogP contribution in [0.1, 0.15) is 27.4 Å². The number of hydrogen-bond donors (Lipinski definition) is 1. The molecule has 6 heteroatoms. The lowest BCUT2D eigenvalue weighted by atomic mass is 10.0. The molecular weight excluding hydrogens is 414 g/mol. The highest BCUT2D eigenvalue weighted by atomic mass is 16.5. The molecule has 0 aliphatic carbocycles. The maximum absolute atomic E-state index is 13.3. The average molecular weight is 437 g/mol. The van der Waals surface area contributed by atoms with Gasteiger partial charge in [0.15, 0.2) is 0 Å². The number of nitrogens with zero attached hydrogens (tertiary/aromatic N) is 2. The number of furan rings is 1. The first-order chi connectivity index (χ1) is 16.2. The Hall–Kier alpha value is -4.32. The number of carbonyl (C=O) groups is 1. The molecule has 0 unspecified atom stereocenters. The molecule has 2 heterocycles. The van der Waals surface area contributed by atoms with Gasteiger partial charge in [0.1, 0.15) is 11.5 Å². The number of hydrogen-bond acceptors (Lipinski definition) is 4. The van der Waals surface area contributed by atoms with Crippen LogP contribution in [0.3, 0.4) is 0 Å². The summed E-state index contributed by atoms with van der Waals surface area (Å²) >= 11 is 0. The monoisotopic (exact) mass is 437 g/mol. The molecule has 1 amide bonds. The van der Waals surface area contributed by atoms with Crippen LogP contribution in [0.25, 0.3) is 21.7 Å². The Morgan fingerprint density at radius 2 is 1.79 bits per heavy atom. The van der Waals surface area contributed by atoms with Gasteiger partial charge in [-0.15, -0.1) is 0 Å². The highest BCUT2D eigenvalue weighted by molar-refractivity contribution is 6.17.